The fourth-order valence-electron chi connectivity index (χ4n) is 7.06. The molecule has 0 aliphatic carbocycles. The molecule has 2 aliphatic rings. The number of aromatic amines is 1. The van der Waals surface area contributed by atoms with Crippen molar-refractivity contribution in [3.05, 3.63) is 136 Å². The van der Waals surface area contributed by atoms with Gasteiger partial charge in [-0.3, -0.25) is 4.57 Å². The van der Waals surface area contributed by atoms with Crippen LogP contribution in [0.5, 0.6) is 0 Å². The maximum Gasteiger partial charge on any atom is 0.326 e. The largest absolute Gasteiger partial charge is 0.392 e. The highest BCUT2D eigenvalue weighted by Crippen LogP contribution is 2.42. The normalized spacial score (nSPS) is 21.8. The smallest absolute Gasteiger partial charge is 0.326 e. The Morgan fingerprint density at radius 2 is 1.55 bits per heavy atom. The molecule has 2 aliphatic heterocycles. The number of aliphatic hydroxyl groups is 1. The molecule has 49 heavy (non-hydrogen) atoms. The number of H-pyrrole nitrogens is 1. The van der Waals surface area contributed by atoms with Crippen molar-refractivity contribution in [1.29, 1.82) is 0 Å². The molecule has 2 amide bonds. The molecule has 0 bridgehead atoms. The third-order valence-corrected chi connectivity index (χ3v) is 9.84. The first-order chi connectivity index (χ1) is 23.9. The Balaban J connectivity index is 1.03. The van der Waals surface area contributed by atoms with Crippen LogP contribution in [0, 0.1) is 5.92 Å². The Hall–Kier alpha value is -4.74. The molecule has 0 spiro atoms. The minimum absolute atomic E-state index is 0.0129. The van der Waals surface area contributed by atoms with E-state index in [1.165, 1.54) is 0 Å². The molecule has 2 saturated heterocycles. The lowest BCUT2D eigenvalue weighted by Gasteiger charge is -2.44. The second kappa shape index (κ2) is 14.8. The standard InChI is InChI=1S/C39H43N5O5/c1-26-35(24-43-21-19-32(20-22-43)44-34-10-6-5-9-33(34)42-39(44)47)48-37(49-36(26)29-13-11-28(25-45)12-14-29)30-15-17-31(18-16-30)41-38(46)40-23-27-7-3-2-4-8-27/h2-18,26,32,35-37,45H,19-25H2,1H3,(H,42,47)(H2,40,41,46). The van der Waals surface area contributed by atoms with E-state index in [0.717, 1.165) is 65.8 Å². The second-order valence-corrected chi connectivity index (χ2v) is 13.1. The van der Waals surface area contributed by atoms with Crippen LogP contribution < -0.4 is 16.3 Å². The SMILES string of the molecule is CC1C(CN2CCC(n3c(=O)[nH]c4ccccc43)CC2)OC(c2ccc(NC(=O)NCc3ccccc3)cc2)OC1c1ccc(CO)cc1. The number of likely N-dealkylation sites (tertiary alicyclic amines) is 1. The van der Waals surface area contributed by atoms with E-state index >= 15 is 0 Å². The van der Waals surface area contributed by atoms with Crippen molar-refractivity contribution in [1.82, 2.24) is 19.8 Å². The van der Waals surface area contributed by atoms with Gasteiger partial charge in [-0.05, 0) is 53.8 Å². The summed E-state index contributed by atoms with van der Waals surface area (Å²) >= 11 is 0. The van der Waals surface area contributed by atoms with E-state index in [4.69, 9.17) is 9.47 Å². The van der Waals surface area contributed by atoms with Gasteiger partial charge < -0.3 is 35.1 Å². The van der Waals surface area contributed by atoms with Crippen LogP contribution >= 0.6 is 0 Å². The Morgan fingerprint density at radius 3 is 2.29 bits per heavy atom. The lowest BCUT2D eigenvalue weighted by molar-refractivity contribution is -0.276. The lowest BCUT2D eigenvalue weighted by Crippen LogP contribution is -2.47. The third kappa shape index (κ3) is 7.47. The average molecular weight is 662 g/mol. The van der Waals surface area contributed by atoms with Gasteiger partial charge in [-0.2, -0.15) is 0 Å². The fourth-order valence-corrected chi connectivity index (χ4v) is 7.06. The summed E-state index contributed by atoms with van der Waals surface area (Å²) in [7, 11) is 0. The molecule has 5 aromatic rings. The quantitative estimate of drug-likeness (QED) is 0.148. The van der Waals surface area contributed by atoms with Crippen molar-refractivity contribution in [2.75, 3.05) is 25.0 Å². The van der Waals surface area contributed by atoms with Crippen LogP contribution in [0.4, 0.5) is 10.5 Å². The number of ether oxygens (including phenoxy) is 2. The molecule has 2 fully saturated rings. The van der Waals surface area contributed by atoms with E-state index in [0.29, 0.717) is 12.2 Å². The lowest BCUT2D eigenvalue weighted by atomic mass is 9.89. The van der Waals surface area contributed by atoms with Crippen LogP contribution in [0.1, 0.15) is 60.5 Å². The van der Waals surface area contributed by atoms with Gasteiger partial charge in [0, 0.05) is 49.4 Å². The highest BCUT2D eigenvalue weighted by molar-refractivity contribution is 5.89. The van der Waals surface area contributed by atoms with Crippen LogP contribution in [0.15, 0.2) is 108 Å². The number of carbonyl (C=O) groups excluding carboxylic acids is 1. The Kier molecular flexibility index (Phi) is 9.90. The van der Waals surface area contributed by atoms with E-state index in [9.17, 15) is 14.7 Å². The van der Waals surface area contributed by atoms with Crippen LogP contribution in [-0.4, -0.2) is 51.3 Å². The summed E-state index contributed by atoms with van der Waals surface area (Å²) in [5.74, 6) is 0.0550. The summed E-state index contributed by atoms with van der Waals surface area (Å²) in [5.41, 5.74) is 6.23. The number of rotatable bonds is 9. The number of fused-ring (bicyclic) bond motifs is 1. The van der Waals surface area contributed by atoms with Crippen molar-refractivity contribution in [2.24, 2.45) is 5.92 Å². The molecular weight excluding hydrogens is 618 g/mol. The molecule has 10 heteroatoms. The summed E-state index contributed by atoms with van der Waals surface area (Å²) < 4.78 is 15.3. The van der Waals surface area contributed by atoms with E-state index in [-0.39, 0.29) is 42.5 Å². The van der Waals surface area contributed by atoms with Crippen LogP contribution in [0.2, 0.25) is 0 Å². The first kappa shape index (κ1) is 32.8. The first-order valence-corrected chi connectivity index (χ1v) is 17.1. The van der Waals surface area contributed by atoms with Gasteiger partial charge in [0.2, 0.25) is 0 Å². The molecule has 10 nitrogen and oxygen atoms in total. The number of hydrogen-bond acceptors (Lipinski definition) is 6. The number of amides is 2. The number of para-hydroxylation sites is 2. The summed E-state index contributed by atoms with van der Waals surface area (Å²) in [4.78, 5) is 30.8. The number of urea groups is 1. The Morgan fingerprint density at radius 1 is 0.857 bits per heavy atom. The maximum atomic E-state index is 12.8. The van der Waals surface area contributed by atoms with E-state index in [1.54, 1.807) is 0 Å². The van der Waals surface area contributed by atoms with Crippen molar-refractivity contribution in [3.63, 3.8) is 0 Å². The number of piperidine rings is 1. The predicted octanol–water partition coefficient (Wildman–Crippen LogP) is 6.27. The van der Waals surface area contributed by atoms with Gasteiger partial charge in [0.05, 0.1) is 29.8 Å². The molecular formula is C39H43N5O5. The zero-order valence-corrected chi connectivity index (χ0v) is 27.6. The molecule has 4 unspecified atom stereocenters. The topological polar surface area (TPSA) is 121 Å². The highest BCUT2D eigenvalue weighted by Gasteiger charge is 2.39. The monoisotopic (exact) mass is 661 g/mol. The van der Waals surface area contributed by atoms with Crippen LogP contribution in [0.25, 0.3) is 11.0 Å². The average Bonchev–Trinajstić information content (AvgIpc) is 3.48. The zero-order chi connectivity index (χ0) is 33.7. The van der Waals surface area contributed by atoms with Crippen molar-refractivity contribution in [3.8, 4) is 0 Å². The number of benzene rings is 4. The molecule has 254 valence electrons. The third-order valence-electron chi connectivity index (χ3n) is 9.84. The number of anilines is 1. The summed E-state index contributed by atoms with van der Waals surface area (Å²) in [5, 5.41) is 15.4. The number of nitrogens with one attached hydrogen (secondary N) is 3. The van der Waals surface area contributed by atoms with Gasteiger partial charge in [0.15, 0.2) is 6.29 Å². The van der Waals surface area contributed by atoms with Gasteiger partial charge in [0.25, 0.3) is 0 Å². The molecule has 3 heterocycles. The van der Waals surface area contributed by atoms with Gasteiger partial charge in [0.1, 0.15) is 0 Å². The Bertz CT molecular complexity index is 1900. The molecule has 4 N–H and O–H groups in total. The Labute approximate surface area is 285 Å². The van der Waals surface area contributed by atoms with Gasteiger partial charge in [-0.25, -0.2) is 9.59 Å². The summed E-state index contributed by atoms with van der Waals surface area (Å²) in [6, 6.07) is 33.0. The molecule has 7 rings (SSSR count). The first-order valence-electron chi connectivity index (χ1n) is 17.1. The highest BCUT2D eigenvalue weighted by atomic mass is 16.7. The van der Waals surface area contributed by atoms with Crippen molar-refractivity contribution < 1.29 is 19.4 Å². The second-order valence-electron chi connectivity index (χ2n) is 13.1. The molecule has 1 aromatic heterocycles. The number of hydrogen-bond donors (Lipinski definition) is 4. The van der Waals surface area contributed by atoms with Crippen molar-refractivity contribution >= 4 is 22.8 Å². The molecule has 0 saturated carbocycles. The molecule has 4 atom stereocenters. The fraction of sp³-hybridized carbons (Fsp3) is 0.333. The molecule has 0 radical (unpaired) electrons. The van der Waals surface area contributed by atoms with E-state index in [1.807, 2.05) is 108 Å². The van der Waals surface area contributed by atoms with Crippen molar-refractivity contribution in [2.45, 2.75) is 57.5 Å². The minimum Gasteiger partial charge on any atom is -0.392 e. The molecule has 4 aromatic carbocycles. The number of aliphatic hydroxyl groups excluding tert-OH is 1. The number of imidazole rings is 1. The number of carbonyl (C=O) groups is 1. The minimum atomic E-state index is -0.605. The van der Waals surface area contributed by atoms with Crippen LogP contribution in [0.3, 0.4) is 0 Å². The number of nitrogens with zero attached hydrogens (tertiary/aromatic N) is 2. The van der Waals surface area contributed by atoms with Gasteiger partial charge in [-0.15, -0.1) is 0 Å². The zero-order valence-electron chi connectivity index (χ0n) is 27.6. The van der Waals surface area contributed by atoms with E-state index < -0.39 is 6.29 Å². The van der Waals surface area contributed by atoms with E-state index in [2.05, 4.69) is 27.4 Å². The van der Waals surface area contributed by atoms with Crippen LogP contribution in [-0.2, 0) is 22.6 Å². The van der Waals surface area contributed by atoms with Gasteiger partial charge >= 0.3 is 11.7 Å². The maximum absolute atomic E-state index is 12.8. The van der Waals surface area contributed by atoms with Gasteiger partial charge in [-0.1, -0.05) is 85.8 Å². The summed E-state index contributed by atoms with van der Waals surface area (Å²) in [6.45, 7) is 5.05. The number of aromatic nitrogens is 2. The summed E-state index contributed by atoms with van der Waals surface area (Å²) in [6.07, 6.45) is 0.812. The predicted molar refractivity (Wildman–Crippen MR) is 189 cm³/mol.